The molecule has 0 unspecified atom stereocenters. The molecule has 4 heteroatoms. The smallest absolute Gasteiger partial charge is 0.224 e. The minimum Gasteiger partial charge on any atom is -0.389 e. The lowest BCUT2D eigenvalue weighted by Gasteiger charge is -2.32. The van der Waals surface area contributed by atoms with E-state index >= 15 is 0 Å². The van der Waals surface area contributed by atoms with Crippen LogP contribution in [0.2, 0.25) is 0 Å². The first kappa shape index (κ1) is 13.4. The van der Waals surface area contributed by atoms with E-state index in [-0.39, 0.29) is 12.3 Å². The number of aliphatic hydroxyl groups is 1. The van der Waals surface area contributed by atoms with Crippen LogP contribution in [0.25, 0.3) is 0 Å². The van der Waals surface area contributed by atoms with Crippen LogP contribution < -0.4 is 5.32 Å². The molecule has 0 bridgehead atoms. The molecule has 2 aliphatic rings. The second-order valence-corrected chi connectivity index (χ2v) is 5.91. The molecule has 2 aliphatic carbocycles. The topological polar surface area (TPSA) is 73.1 Å². The van der Waals surface area contributed by atoms with Crippen LogP contribution in [0.1, 0.15) is 64.2 Å². The number of nitriles is 1. The molecule has 2 saturated carbocycles. The Bertz CT molecular complexity index is 347. The van der Waals surface area contributed by atoms with Gasteiger partial charge in [-0.05, 0) is 25.7 Å². The molecule has 0 atom stereocenters. The zero-order valence-electron chi connectivity index (χ0n) is 10.9. The van der Waals surface area contributed by atoms with Crippen molar-refractivity contribution >= 4 is 5.91 Å². The van der Waals surface area contributed by atoms with E-state index in [0.29, 0.717) is 12.8 Å². The normalized spacial score (nSPS) is 25.3. The Hall–Kier alpha value is -1.08. The fourth-order valence-electron chi connectivity index (χ4n) is 3.24. The highest BCUT2D eigenvalue weighted by Gasteiger charge is 2.38. The molecule has 0 radical (unpaired) electrons. The van der Waals surface area contributed by atoms with E-state index in [1.807, 2.05) is 0 Å². The average Bonchev–Trinajstić information content (AvgIpc) is 2.76. The number of carbonyl (C=O) groups excluding carboxylic acids is 1. The molecule has 2 fully saturated rings. The minimum absolute atomic E-state index is 0.149. The SMILES string of the molecule is N#CC1(NC(=O)CC2(O)CCCC2)CCCCC1. The molecule has 1 amide bonds. The third-order valence-corrected chi connectivity index (χ3v) is 4.32. The van der Waals surface area contributed by atoms with Gasteiger partial charge < -0.3 is 10.4 Å². The van der Waals surface area contributed by atoms with Gasteiger partial charge >= 0.3 is 0 Å². The van der Waals surface area contributed by atoms with E-state index in [9.17, 15) is 15.2 Å². The van der Waals surface area contributed by atoms with Gasteiger partial charge in [0.15, 0.2) is 0 Å². The third kappa shape index (κ3) is 3.02. The number of carbonyl (C=O) groups is 1. The van der Waals surface area contributed by atoms with Gasteiger partial charge in [-0.3, -0.25) is 4.79 Å². The van der Waals surface area contributed by atoms with Crippen molar-refractivity contribution in [3.8, 4) is 6.07 Å². The Morgan fingerprint density at radius 1 is 1.11 bits per heavy atom. The van der Waals surface area contributed by atoms with Crippen molar-refractivity contribution in [1.82, 2.24) is 5.32 Å². The zero-order chi connectivity index (χ0) is 13.1. The molecule has 0 spiro atoms. The molecule has 2 N–H and O–H groups in total. The summed E-state index contributed by atoms with van der Waals surface area (Å²) in [4.78, 5) is 12.0. The van der Waals surface area contributed by atoms with Gasteiger partial charge in [0.1, 0.15) is 5.54 Å². The van der Waals surface area contributed by atoms with Crippen LogP contribution in [0, 0.1) is 11.3 Å². The number of hydrogen-bond acceptors (Lipinski definition) is 3. The molecular formula is C14H22N2O2. The van der Waals surface area contributed by atoms with Crippen LogP contribution in [0.4, 0.5) is 0 Å². The molecule has 100 valence electrons. The number of amides is 1. The number of nitrogens with zero attached hydrogens (tertiary/aromatic N) is 1. The lowest BCUT2D eigenvalue weighted by Crippen LogP contribution is -2.50. The maximum absolute atomic E-state index is 12.0. The fourth-order valence-corrected chi connectivity index (χ4v) is 3.24. The largest absolute Gasteiger partial charge is 0.389 e. The summed E-state index contributed by atoms with van der Waals surface area (Å²) < 4.78 is 0. The number of nitrogens with one attached hydrogen (secondary N) is 1. The standard InChI is InChI=1S/C14H22N2O2/c15-11-13(6-2-1-3-7-13)16-12(17)10-14(18)8-4-5-9-14/h18H,1-10H2,(H,16,17). The maximum Gasteiger partial charge on any atom is 0.224 e. The fraction of sp³-hybridized carbons (Fsp3) is 0.857. The molecule has 0 aromatic heterocycles. The van der Waals surface area contributed by atoms with Crippen molar-refractivity contribution < 1.29 is 9.90 Å². The second kappa shape index (κ2) is 5.27. The van der Waals surface area contributed by atoms with E-state index in [0.717, 1.165) is 44.9 Å². The van der Waals surface area contributed by atoms with Crippen LogP contribution in [0.15, 0.2) is 0 Å². The van der Waals surface area contributed by atoms with Crippen LogP contribution in [-0.4, -0.2) is 22.2 Å². The van der Waals surface area contributed by atoms with Crippen molar-refractivity contribution in [3.05, 3.63) is 0 Å². The summed E-state index contributed by atoms with van der Waals surface area (Å²) in [5, 5.41) is 22.4. The Kier molecular flexibility index (Phi) is 3.91. The number of rotatable bonds is 3. The predicted octanol–water partition coefficient (Wildman–Crippen LogP) is 2.02. The highest BCUT2D eigenvalue weighted by molar-refractivity contribution is 5.78. The van der Waals surface area contributed by atoms with E-state index < -0.39 is 11.1 Å². The molecule has 4 nitrogen and oxygen atoms in total. The first-order chi connectivity index (χ1) is 8.58. The summed E-state index contributed by atoms with van der Waals surface area (Å²) in [5.41, 5.74) is -1.50. The number of hydrogen-bond donors (Lipinski definition) is 2. The van der Waals surface area contributed by atoms with Gasteiger partial charge in [0.05, 0.1) is 18.1 Å². The third-order valence-electron chi connectivity index (χ3n) is 4.32. The van der Waals surface area contributed by atoms with E-state index in [2.05, 4.69) is 11.4 Å². The molecule has 0 aliphatic heterocycles. The summed E-state index contributed by atoms with van der Waals surface area (Å²) in [6, 6.07) is 2.27. The Labute approximate surface area is 108 Å². The van der Waals surface area contributed by atoms with Crippen molar-refractivity contribution in [3.63, 3.8) is 0 Å². The van der Waals surface area contributed by atoms with Gasteiger partial charge in [-0.25, -0.2) is 0 Å². The highest BCUT2D eigenvalue weighted by atomic mass is 16.3. The zero-order valence-corrected chi connectivity index (χ0v) is 10.9. The Morgan fingerprint density at radius 2 is 1.67 bits per heavy atom. The van der Waals surface area contributed by atoms with E-state index in [4.69, 9.17) is 0 Å². The quantitative estimate of drug-likeness (QED) is 0.805. The summed E-state index contributed by atoms with van der Waals surface area (Å²) in [6.07, 6.45) is 8.18. The lowest BCUT2D eigenvalue weighted by atomic mass is 9.82. The van der Waals surface area contributed by atoms with Crippen LogP contribution in [0.5, 0.6) is 0 Å². The molecule has 2 rings (SSSR count). The van der Waals surface area contributed by atoms with E-state index in [1.54, 1.807) is 0 Å². The van der Waals surface area contributed by atoms with Crippen molar-refractivity contribution in [1.29, 1.82) is 5.26 Å². The van der Waals surface area contributed by atoms with Gasteiger partial charge in [0.25, 0.3) is 0 Å². The minimum atomic E-state index is -0.824. The Balaban J connectivity index is 1.91. The van der Waals surface area contributed by atoms with Gasteiger partial charge in [0.2, 0.25) is 5.91 Å². The van der Waals surface area contributed by atoms with Crippen molar-refractivity contribution in [2.45, 2.75) is 75.3 Å². The summed E-state index contributed by atoms with van der Waals surface area (Å²) in [7, 11) is 0. The molecule has 0 saturated heterocycles. The van der Waals surface area contributed by atoms with Crippen LogP contribution in [-0.2, 0) is 4.79 Å². The second-order valence-electron chi connectivity index (χ2n) is 5.91. The van der Waals surface area contributed by atoms with Crippen molar-refractivity contribution in [2.24, 2.45) is 0 Å². The highest BCUT2D eigenvalue weighted by Crippen LogP contribution is 2.33. The van der Waals surface area contributed by atoms with Gasteiger partial charge in [-0.1, -0.05) is 32.1 Å². The summed E-state index contributed by atoms with van der Waals surface area (Å²) >= 11 is 0. The molecule has 0 aromatic carbocycles. The summed E-state index contributed by atoms with van der Waals surface area (Å²) in [6.45, 7) is 0. The van der Waals surface area contributed by atoms with Crippen LogP contribution in [0.3, 0.4) is 0 Å². The van der Waals surface area contributed by atoms with Crippen LogP contribution >= 0.6 is 0 Å². The average molecular weight is 250 g/mol. The van der Waals surface area contributed by atoms with Gasteiger partial charge in [-0.2, -0.15) is 5.26 Å². The van der Waals surface area contributed by atoms with Gasteiger partial charge in [0, 0.05) is 0 Å². The summed E-state index contributed by atoms with van der Waals surface area (Å²) in [5.74, 6) is -0.164. The predicted molar refractivity (Wildman–Crippen MR) is 67.6 cm³/mol. The first-order valence-corrected chi connectivity index (χ1v) is 7.02. The monoisotopic (exact) mass is 250 g/mol. The lowest BCUT2D eigenvalue weighted by molar-refractivity contribution is -0.127. The molecule has 0 aromatic rings. The molecule has 18 heavy (non-hydrogen) atoms. The van der Waals surface area contributed by atoms with Crippen molar-refractivity contribution in [2.75, 3.05) is 0 Å². The first-order valence-electron chi connectivity index (χ1n) is 7.02. The maximum atomic E-state index is 12.0. The van der Waals surface area contributed by atoms with E-state index in [1.165, 1.54) is 0 Å². The molecular weight excluding hydrogens is 228 g/mol. The Morgan fingerprint density at radius 3 is 2.22 bits per heavy atom. The molecule has 0 heterocycles. The van der Waals surface area contributed by atoms with Gasteiger partial charge in [-0.15, -0.1) is 0 Å².